The zero-order valence-corrected chi connectivity index (χ0v) is 12.5. The smallest absolute Gasteiger partial charge is 0.341 e. The molecule has 2 rings (SSSR count). The maximum atomic E-state index is 12.1. The van der Waals surface area contributed by atoms with Crippen molar-refractivity contribution in [1.82, 2.24) is 5.32 Å². The number of furan rings is 1. The van der Waals surface area contributed by atoms with Crippen molar-refractivity contribution in [3.63, 3.8) is 0 Å². The Bertz CT molecular complexity index is 524. The summed E-state index contributed by atoms with van der Waals surface area (Å²) in [6.07, 6.45) is 3.59. The number of hydrogen-bond acceptors (Lipinski definition) is 5. The normalized spacial score (nSPS) is 21.9. The molecule has 1 aliphatic rings. The molecule has 1 aliphatic carbocycles. The molecule has 6 heteroatoms. The Morgan fingerprint density at radius 2 is 2.24 bits per heavy atom. The molecule has 0 saturated heterocycles. The van der Waals surface area contributed by atoms with Crippen molar-refractivity contribution >= 4 is 11.9 Å². The number of nitrogens with one attached hydrogen (secondary N) is 1. The zero-order chi connectivity index (χ0) is 15.4. The number of methoxy groups -OCH3 is 1. The van der Waals surface area contributed by atoms with Crippen molar-refractivity contribution in [2.24, 2.45) is 11.7 Å². The van der Waals surface area contributed by atoms with Gasteiger partial charge in [0.2, 0.25) is 5.91 Å². The van der Waals surface area contributed by atoms with Crippen LogP contribution in [-0.4, -0.2) is 25.0 Å². The minimum Gasteiger partial charge on any atom is -0.465 e. The van der Waals surface area contributed by atoms with E-state index in [1.807, 2.05) is 0 Å². The van der Waals surface area contributed by atoms with Gasteiger partial charge in [-0.1, -0.05) is 6.42 Å². The number of aryl methyl sites for hydroxylation is 1. The van der Waals surface area contributed by atoms with Crippen molar-refractivity contribution in [2.45, 2.75) is 45.2 Å². The number of esters is 1. The van der Waals surface area contributed by atoms with E-state index < -0.39 is 5.97 Å². The third-order valence-corrected chi connectivity index (χ3v) is 3.90. The minimum atomic E-state index is -0.438. The van der Waals surface area contributed by atoms with E-state index in [4.69, 9.17) is 10.2 Å². The van der Waals surface area contributed by atoms with Gasteiger partial charge in [-0.2, -0.15) is 0 Å². The lowest BCUT2D eigenvalue weighted by Gasteiger charge is -2.25. The van der Waals surface area contributed by atoms with Gasteiger partial charge in [0.25, 0.3) is 0 Å². The highest BCUT2D eigenvalue weighted by Crippen LogP contribution is 2.23. The lowest BCUT2D eigenvalue weighted by atomic mass is 9.85. The molecule has 0 spiro atoms. The third-order valence-electron chi connectivity index (χ3n) is 3.90. The molecule has 1 saturated carbocycles. The largest absolute Gasteiger partial charge is 0.465 e. The first-order chi connectivity index (χ1) is 10.0. The van der Waals surface area contributed by atoms with Crippen LogP contribution in [0.4, 0.5) is 0 Å². The van der Waals surface area contributed by atoms with Gasteiger partial charge in [-0.15, -0.1) is 0 Å². The summed E-state index contributed by atoms with van der Waals surface area (Å²) in [6, 6.07) is 1.72. The first-order valence-electron chi connectivity index (χ1n) is 7.22. The minimum absolute atomic E-state index is 0.00109. The van der Waals surface area contributed by atoms with Crippen molar-refractivity contribution in [2.75, 3.05) is 7.11 Å². The Morgan fingerprint density at radius 1 is 1.48 bits per heavy atom. The fourth-order valence-electron chi connectivity index (χ4n) is 2.73. The summed E-state index contributed by atoms with van der Waals surface area (Å²) in [5, 5.41) is 2.85. The number of rotatable bonds is 4. The summed E-state index contributed by atoms with van der Waals surface area (Å²) in [7, 11) is 1.32. The SMILES string of the molecule is COC(=O)c1cc(CNC(=O)C2CCCC(N)C2)oc1C. The van der Waals surface area contributed by atoms with Gasteiger partial charge in [0.15, 0.2) is 0 Å². The van der Waals surface area contributed by atoms with Gasteiger partial charge < -0.3 is 20.2 Å². The van der Waals surface area contributed by atoms with E-state index in [-0.39, 0.29) is 24.4 Å². The van der Waals surface area contributed by atoms with E-state index in [1.54, 1.807) is 13.0 Å². The highest BCUT2D eigenvalue weighted by atomic mass is 16.5. The lowest BCUT2D eigenvalue weighted by molar-refractivity contribution is -0.126. The average Bonchev–Trinajstić information content (AvgIpc) is 2.85. The summed E-state index contributed by atoms with van der Waals surface area (Å²) >= 11 is 0. The number of hydrogen-bond donors (Lipinski definition) is 2. The maximum Gasteiger partial charge on any atom is 0.341 e. The second-order valence-corrected chi connectivity index (χ2v) is 5.52. The van der Waals surface area contributed by atoms with Crippen LogP contribution in [0.15, 0.2) is 10.5 Å². The molecule has 21 heavy (non-hydrogen) atoms. The number of carbonyl (C=O) groups is 2. The van der Waals surface area contributed by atoms with Gasteiger partial charge in [-0.25, -0.2) is 4.79 Å². The fourth-order valence-corrected chi connectivity index (χ4v) is 2.73. The summed E-state index contributed by atoms with van der Waals surface area (Å²) in [4.78, 5) is 23.6. The molecule has 1 aromatic heterocycles. The molecule has 0 aromatic carbocycles. The van der Waals surface area contributed by atoms with Gasteiger partial charge in [-0.3, -0.25) is 4.79 Å². The molecule has 1 heterocycles. The highest BCUT2D eigenvalue weighted by Gasteiger charge is 2.25. The van der Waals surface area contributed by atoms with E-state index in [0.717, 1.165) is 25.7 Å². The van der Waals surface area contributed by atoms with Crippen LogP contribution in [0.5, 0.6) is 0 Å². The first kappa shape index (κ1) is 15.6. The van der Waals surface area contributed by atoms with Crippen LogP contribution < -0.4 is 11.1 Å². The van der Waals surface area contributed by atoms with Gasteiger partial charge in [-0.05, 0) is 32.3 Å². The van der Waals surface area contributed by atoms with Crippen molar-refractivity contribution < 1.29 is 18.7 Å². The van der Waals surface area contributed by atoms with Crippen LogP contribution in [0.2, 0.25) is 0 Å². The van der Waals surface area contributed by atoms with Crippen LogP contribution in [-0.2, 0) is 16.1 Å². The second-order valence-electron chi connectivity index (χ2n) is 5.52. The zero-order valence-electron chi connectivity index (χ0n) is 12.5. The Balaban J connectivity index is 1.91. The number of ether oxygens (including phenoxy) is 1. The number of nitrogens with two attached hydrogens (primary N) is 1. The molecular formula is C15H22N2O4. The van der Waals surface area contributed by atoms with Gasteiger partial charge in [0.05, 0.1) is 13.7 Å². The molecular weight excluding hydrogens is 272 g/mol. The summed E-state index contributed by atoms with van der Waals surface area (Å²) in [5.41, 5.74) is 6.28. The Kier molecular flexibility index (Phi) is 5.01. The number of carbonyl (C=O) groups excluding carboxylic acids is 2. The van der Waals surface area contributed by atoms with Crippen molar-refractivity contribution in [1.29, 1.82) is 0 Å². The monoisotopic (exact) mass is 294 g/mol. The molecule has 116 valence electrons. The quantitative estimate of drug-likeness (QED) is 0.821. The predicted molar refractivity (Wildman–Crippen MR) is 76.6 cm³/mol. The number of amides is 1. The Morgan fingerprint density at radius 3 is 2.90 bits per heavy atom. The predicted octanol–water partition coefficient (Wildman–Crippen LogP) is 1.51. The lowest BCUT2D eigenvalue weighted by Crippen LogP contribution is -2.37. The molecule has 1 aromatic rings. The average molecular weight is 294 g/mol. The molecule has 6 nitrogen and oxygen atoms in total. The third kappa shape index (κ3) is 3.85. The first-order valence-corrected chi connectivity index (χ1v) is 7.22. The van der Waals surface area contributed by atoms with E-state index in [1.165, 1.54) is 7.11 Å². The van der Waals surface area contributed by atoms with Crippen molar-refractivity contribution in [3.8, 4) is 0 Å². The van der Waals surface area contributed by atoms with Crippen molar-refractivity contribution in [3.05, 3.63) is 23.2 Å². The van der Waals surface area contributed by atoms with Crippen LogP contribution >= 0.6 is 0 Å². The second kappa shape index (κ2) is 6.76. The molecule has 0 bridgehead atoms. The standard InChI is InChI=1S/C15H22N2O4/c1-9-13(15(19)20-2)7-12(21-9)8-17-14(18)10-4-3-5-11(16)6-10/h7,10-11H,3-6,8,16H2,1-2H3,(H,17,18). The summed E-state index contributed by atoms with van der Waals surface area (Å²) < 4.78 is 10.1. The van der Waals surface area contributed by atoms with E-state index in [9.17, 15) is 9.59 Å². The molecule has 1 fully saturated rings. The molecule has 3 N–H and O–H groups in total. The van der Waals surface area contributed by atoms with E-state index >= 15 is 0 Å². The Hall–Kier alpha value is -1.82. The molecule has 2 atom stereocenters. The molecule has 1 amide bonds. The topological polar surface area (TPSA) is 94.6 Å². The molecule has 2 unspecified atom stereocenters. The van der Waals surface area contributed by atoms with Crippen LogP contribution in [0.1, 0.15) is 47.6 Å². The van der Waals surface area contributed by atoms with E-state index in [0.29, 0.717) is 17.1 Å². The molecule has 0 aliphatic heterocycles. The maximum absolute atomic E-state index is 12.1. The van der Waals surface area contributed by atoms with Gasteiger partial charge in [0, 0.05) is 12.0 Å². The molecule has 0 radical (unpaired) electrons. The summed E-state index contributed by atoms with van der Waals surface area (Å²) in [6.45, 7) is 1.96. The van der Waals surface area contributed by atoms with Crippen LogP contribution in [0.25, 0.3) is 0 Å². The highest BCUT2D eigenvalue weighted by molar-refractivity contribution is 5.90. The van der Waals surface area contributed by atoms with E-state index in [2.05, 4.69) is 10.1 Å². The summed E-state index contributed by atoms with van der Waals surface area (Å²) in [5.74, 6) is 0.572. The van der Waals surface area contributed by atoms with Crippen LogP contribution in [0.3, 0.4) is 0 Å². The van der Waals surface area contributed by atoms with Crippen LogP contribution in [0, 0.1) is 12.8 Å². The van der Waals surface area contributed by atoms with Gasteiger partial charge in [0.1, 0.15) is 17.1 Å². The Labute approximate surface area is 124 Å². The van der Waals surface area contributed by atoms with Gasteiger partial charge >= 0.3 is 5.97 Å². The fraction of sp³-hybridized carbons (Fsp3) is 0.600.